The molecule has 0 radical (unpaired) electrons. The van der Waals surface area contributed by atoms with Crippen molar-refractivity contribution in [3.05, 3.63) is 0 Å². The maximum atomic E-state index is 5.30. The molecule has 3 N–H and O–H groups in total. The third-order valence-electron chi connectivity index (χ3n) is 1.53. The lowest BCUT2D eigenvalue weighted by Crippen LogP contribution is -2.40. The van der Waals surface area contributed by atoms with Gasteiger partial charge >= 0.3 is 0 Å². The van der Waals surface area contributed by atoms with Gasteiger partial charge in [-0.25, -0.2) is 0 Å². The average molecular weight is 161 g/mol. The van der Waals surface area contributed by atoms with E-state index in [0.717, 1.165) is 13.0 Å². The van der Waals surface area contributed by atoms with Gasteiger partial charge in [-0.3, -0.25) is 11.3 Å². The molecule has 0 aromatic heterocycles. The molecule has 11 heavy (non-hydrogen) atoms. The standard InChI is InChI=1S/C7H19N3O/c1-10(2)5-4-7(9-8)6-11-3/h7,9H,4-6,8H2,1-3H3. The highest BCUT2D eigenvalue weighted by atomic mass is 16.5. The third kappa shape index (κ3) is 6.25. The van der Waals surface area contributed by atoms with Crippen molar-refractivity contribution in [3.63, 3.8) is 0 Å². The SMILES string of the molecule is COCC(CCN(C)C)NN. The fraction of sp³-hybridized carbons (Fsp3) is 1.00. The Labute approximate surface area is 68.7 Å². The third-order valence-corrected chi connectivity index (χ3v) is 1.53. The minimum atomic E-state index is 0.266. The summed E-state index contributed by atoms with van der Waals surface area (Å²) in [4.78, 5) is 2.12. The van der Waals surface area contributed by atoms with Gasteiger partial charge < -0.3 is 9.64 Å². The summed E-state index contributed by atoms with van der Waals surface area (Å²) in [5.41, 5.74) is 2.71. The molecule has 4 heteroatoms. The molecule has 0 saturated heterocycles. The van der Waals surface area contributed by atoms with Crippen molar-refractivity contribution in [2.75, 3.05) is 34.4 Å². The van der Waals surface area contributed by atoms with Crippen LogP contribution in [-0.2, 0) is 4.74 Å². The van der Waals surface area contributed by atoms with Crippen LogP contribution in [-0.4, -0.2) is 45.3 Å². The van der Waals surface area contributed by atoms with E-state index in [0.29, 0.717) is 6.61 Å². The molecule has 0 saturated carbocycles. The number of hydrazine groups is 1. The quantitative estimate of drug-likeness (QED) is 0.404. The normalized spacial score (nSPS) is 13.9. The predicted octanol–water partition coefficient (Wildman–Crippen LogP) is -0.584. The van der Waals surface area contributed by atoms with Crippen LogP contribution in [0.1, 0.15) is 6.42 Å². The highest BCUT2D eigenvalue weighted by Crippen LogP contribution is 1.91. The first-order chi connectivity index (χ1) is 5.20. The summed E-state index contributed by atoms with van der Waals surface area (Å²) in [7, 11) is 5.76. The van der Waals surface area contributed by atoms with Crippen LogP contribution in [0.25, 0.3) is 0 Å². The molecule has 0 aromatic rings. The number of nitrogens with zero attached hydrogens (tertiary/aromatic N) is 1. The molecular weight excluding hydrogens is 142 g/mol. The number of methoxy groups -OCH3 is 1. The van der Waals surface area contributed by atoms with Crippen molar-refractivity contribution < 1.29 is 4.74 Å². The van der Waals surface area contributed by atoms with Crippen molar-refractivity contribution in [3.8, 4) is 0 Å². The molecule has 1 atom stereocenters. The number of nitrogens with two attached hydrogens (primary N) is 1. The van der Waals surface area contributed by atoms with Crippen molar-refractivity contribution in [1.82, 2.24) is 10.3 Å². The Kier molecular flexibility index (Phi) is 6.45. The summed E-state index contributed by atoms with van der Waals surface area (Å²) in [6.45, 7) is 1.70. The Balaban J connectivity index is 3.35. The minimum absolute atomic E-state index is 0.266. The Bertz CT molecular complexity index is 87.8. The number of nitrogens with one attached hydrogen (secondary N) is 1. The van der Waals surface area contributed by atoms with E-state index in [1.54, 1.807) is 7.11 Å². The molecule has 0 heterocycles. The van der Waals surface area contributed by atoms with Crippen molar-refractivity contribution >= 4 is 0 Å². The zero-order valence-electron chi connectivity index (χ0n) is 7.63. The van der Waals surface area contributed by atoms with Crippen LogP contribution in [0.15, 0.2) is 0 Å². The number of rotatable bonds is 6. The first-order valence-electron chi connectivity index (χ1n) is 3.80. The van der Waals surface area contributed by atoms with Crippen molar-refractivity contribution in [2.24, 2.45) is 5.84 Å². The van der Waals surface area contributed by atoms with Crippen LogP contribution in [0, 0.1) is 0 Å². The lowest BCUT2D eigenvalue weighted by Gasteiger charge is -2.17. The van der Waals surface area contributed by atoms with Crippen molar-refractivity contribution in [2.45, 2.75) is 12.5 Å². The number of hydrogen-bond acceptors (Lipinski definition) is 4. The highest BCUT2D eigenvalue weighted by molar-refractivity contribution is 4.63. The van der Waals surface area contributed by atoms with Crippen LogP contribution in [0.3, 0.4) is 0 Å². The highest BCUT2D eigenvalue weighted by Gasteiger charge is 2.04. The largest absolute Gasteiger partial charge is 0.383 e. The molecule has 0 spiro atoms. The van der Waals surface area contributed by atoms with E-state index in [-0.39, 0.29) is 6.04 Å². The molecule has 0 aliphatic carbocycles. The van der Waals surface area contributed by atoms with E-state index in [2.05, 4.69) is 10.3 Å². The summed E-state index contributed by atoms with van der Waals surface area (Å²) in [6, 6.07) is 0.266. The molecule has 1 unspecified atom stereocenters. The summed E-state index contributed by atoms with van der Waals surface area (Å²) in [6.07, 6.45) is 1.01. The molecule has 0 rings (SSSR count). The maximum absolute atomic E-state index is 5.30. The van der Waals surface area contributed by atoms with Gasteiger partial charge in [-0.05, 0) is 27.1 Å². The minimum Gasteiger partial charge on any atom is -0.383 e. The van der Waals surface area contributed by atoms with Crippen LogP contribution < -0.4 is 11.3 Å². The average Bonchev–Trinajstić information content (AvgIpc) is 1.97. The predicted molar refractivity (Wildman–Crippen MR) is 46.2 cm³/mol. The van der Waals surface area contributed by atoms with Gasteiger partial charge in [-0.15, -0.1) is 0 Å². The fourth-order valence-corrected chi connectivity index (χ4v) is 0.830. The number of ether oxygens (including phenoxy) is 1. The molecular formula is C7H19N3O. The molecule has 0 aromatic carbocycles. The van der Waals surface area contributed by atoms with Gasteiger partial charge in [-0.1, -0.05) is 0 Å². The van der Waals surface area contributed by atoms with E-state index < -0.39 is 0 Å². The Hall–Kier alpha value is -0.160. The van der Waals surface area contributed by atoms with E-state index in [1.807, 2.05) is 14.1 Å². The topological polar surface area (TPSA) is 50.5 Å². The van der Waals surface area contributed by atoms with E-state index in [1.165, 1.54) is 0 Å². The molecule has 0 aliphatic heterocycles. The van der Waals surface area contributed by atoms with Gasteiger partial charge in [0.1, 0.15) is 0 Å². The van der Waals surface area contributed by atoms with Crippen LogP contribution in [0.5, 0.6) is 0 Å². The summed E-state index contributed by atoms with van der Waals surface area (Å²) in [5.74, 6) is 5.30. The smallest absolute Gasteiger partial charge is 0.0629 e. The van der Waals surface area contributed by atoms with E-state index in [4.69, 9.17) is 10.6 Å². The molecule has 0 bridgehead atoms. The zero-order valence-corrected chi connectivity index (χ0v) is 7.63. The monoisotopic (exact) mass is 161 g/mol. The van der Waals surface area contributed by atoms with Gasteiger partial charge in [-0.2, -0.15) is 0 Å². The Morgan fingerprint density at radius 1 is 1.55 bits per heavy atom. The van der Waals surface area contributed by atoms with E-state index >= 15 is 0 Å². The molecule has 68 valence electrons. The lowest BCUT2D eigenvalue weighted by atomic mass is 10.2. The van der Waals surface area contributed by atoms with Crippen molar-refractivity contribution in [1.29, 1.82) is 0 Å². The maximum Gasteiger partial charge on any atom is 0.0629 e. The van der Waals surface area contributed by atoms with E-state index in [9.17, 15) is 0 Å². The first-order valence-corrected chi connectivity index (χ1v) is 3.80. The fourth-order valence-electron chi connectivity index (χ4n) is 0.830. The van der Waals surface area contributed by atoms with Gasteiger partial charge in [0.2, 0.25) is 0 Å². The molecule has 0 aliphatic rings. The summed E-state index contributed by atoms with van der Waals surface area (Å²) < 4.78 is 4.97. The zero-order chi connectivity index (χ0) is 8.69. The summed E-state index contributed by atoms with van der Waals surface area (Å²) in [5, 5.41) is 0. The summed E-state index contributed by atoms with van der Waals surface area (Å²) >= 11 is 0. The molecule has 0 amide bonds. The lowest BCUT2D eigenvalue weighted by molar-refractivity contribution is 0.158. The Morgan fingerprint density at radius 3 is 2.55 bits per heavy atom. The molecule has 0 fully saturated rings. The van der Waals surface area contributed by atoms with Gasteiger partial charge in [0.25, 0.3) is 0 Å². The first kappa shape index (κ1) is 10.8. The second kappa shape index (κ2) is 6.54. The molecule has 4 nitrogen and oxygen atoms in total. The Morgan fingerprint density at radius 2 is 2.18 bits per heavy atom. The van der Waals surface area contributed by atoms with Gasteiger partial charge in [0.05, 0.1) is 6.61 Å². The van der Waals surface area contributed by atoms with Crippen LogP contribution >= 0.6 is 0 Å². The van der Waals surface area contributed by atoms with Crippen LogP contribution in [0.4, 0.5) is 0 Å². The second-order valence-electron chi connectivity index (χ2n) is 2.91. The van der Waals surface area contributed by atoms with Crippen LogP contribution in [0.2, 0.25) is 0 Å². The van der Waals surface area contributed by atoms with Gasteiger partial charge in [0, 0.05) is 13.2 Å². The second-order valence-corrected chi connectivity index (χ2v) is 2.91. The van der Waals surface area contributed by atoms with Gasteiger partial charge in [0.15, 0.2) is 0 Å². The number of hydrogen-bond donors (Lipinski definition) is 2.